The third-order valence-corrected chi connectivity index (χ3v) is 3.38. The SMILES string of the molecule is COC(=O)C1CCN(c2cc(C(N)=O)ccn2)CC1. The topological polar surface area (TPSA) is 85.5 Å². The normalized spacial score (nSPS) is 16.2. The summed E-state index contributed by atoms with van der Waals surface area (Å²) in [6.45, 7) is 1.43. The Kier molecular flexibility index (Phi) is 3.99. The molecule has 1 aromatic heterocycles. The van der Waals surface area contributed by atoms with Crippen molar-refractivity contribution in [1.29, 1.82) is 0 Å². The lowest BCUT2D eigenvalue weighted by Crippen LogP contribution is -2.37. The van der Waals surface area contributed by atoms with Gasteiger partial charge in [-0.15, -0.1) is 0 Å². The number of hydrogen-bond donors (Lipinski definition) is 1. The maximum atomic E-state index is 11.4. The van der Waals surface area contributed by atoms with Crippen LogP contribution in [0.5, 0.6) is 0 Å². The highest BCUT2D eigenvalue weighted by molar-refractivity contribution is 5.93. The monoisotopic (exact) mass is 263 g/mol. The minimum Gasteiger partial charge on any atom is -0.469 e. The zero-order chi connectivity index (χ0) is 13.8. The Bertz CT molecular complexity index is 482. The van der Waals surface area contributed by atoms with E-state index >= 15 is 0 Å². The first-order valence-corrected chi connectivity index (χ1v) is 6.20. The highest BCUT2D eigenvalue weighted by Gasteiger charge is 2.26. The molecule has 0 aliphatic carbocycles. The van der Waals surface area contributed by atoms with Crippen LogP contribution in [0, 0.1) is 5.92 Å². The van der Waals surface area contributed by atoms with E-state index in [9.17, 15) is 9.59 Å². The van der Waals surface area contributed by atoms with Gasteiger partial charge in [-0.05, 0) is 25.0 Å². The molecule has 2 heterocycles. The largest absolute Gasteiger partial charge is 0.469 e. The van der Waals surface area contributed by atoms with Crippen molar-refractivity contribution in [3.05, 3.63) is 23.9 Å². The molecule has 0 bridgehead atoms. The van der Waals surface area contributed by atoms with E-state index in [1.165, 1.54) is 7.11 Å². The number of piperidine rings is 1. The predicted octanol–water partition coefficient (Wildman–Crippen LogP) is 0.570. The summed E-state index contributed by atoms with van der Waals surface area (Å²) in [5.41, 5.74) is 5.69. The van der Waals surface area contributed by atoms with Crippen LogP contribution in [-0.4, -0.2) is 37.1 Å². The maximum absolute atomic E-state index is 11.4. The van der Waals surface area contributed by atoms with E-state index in [2.05, 4.69) is 4.98 Å². The number of rotatable bonds is 3. The number of methoxy groups -OCH3 is 1. The molecular weight excluding hydrogens is 246 g/mol. The van der Waals surface area contributed by atoms with Gasteiger partial charge >= 0.3 is 5.97 Å². The molecule has 0 spiro atoms. The van der Waals surface area contributed by atoms with E-state index in [0.29, 0.717) is 5.56 Å². The molecule has 1 amide bonds. The number of nitrogens with two attached hydrogens (primary N) is 1. The second kappa shape index (κ2) is 5.69. The zero-order valence-corrected chi connectivity index (χ0v) is 10.8. The highest BCUT2D eigenvalue weighted by Crippen LogP contribution is 2.23. The van der Waals surface area contributed by atoms with Gasteiger partial charge in [0.15, 0.2) is 0 Å². The maximum Gasteiger partial charge on any atom is 0.308 e. The van der Waals surface area contributed by atoms with E-state index in [4.69, 9.17) is 10.5 Å². The molecule has 1 aliphatic heterocycles. The van der Waals surface area contributed by atoms with E-state index in [0.717, 1.165) is 31.7 Å². The number of aromatic nitrogens is 1. The summed E-state index contributed by atoms with van der Waals surface area (Å²) in [6, 6.07) is 3.27. The summed E-state index contributed by atoms with van der Waals surface area (Å²) in [6.07, 6.45) is 3.03. The van der Waals surface area contributed by atoms with Crippen molar-refractivity contribution in [3.8, 4) is 0 Å². The predicted molar refractivity (Wildman–Crippen MR) is 69.7 cm³/mol. The summed E-state index contributed by atoms with van der Waals surface area (Å²) in [4.78, 5) is 28.9. The number of amides is 1. The molecule has 1 aliphatic rings. The number of ether oxygens (including phenoxy) is 1. The molecule has 6 heteroatoms. The second-order valence-corrected chi connectivity index (χ2v) is 4.55. The fourth-order valence-corrected chi connectivity index (χ4v) is 2.26. The van der Waals surface area contributed by atoms with Gasteiger partial charge in [-0.25, -0.2) is 4.98 Å². The first-order chi connectivity index (χ1) is 9.11. The molecule has 19 heavy (non-hydrogen) atoms. The third-order valence-electron chi connectivity index (χ3n) is 3.38. The van der Waals surface area contributed by atoms with Crippen LogP contribution >= 0.6 is 0 Å². The molecule has 0 saturated carbocycles. The van der Waals surface area contributed by atoms with Crippen LogP contribution in [0.25, 0.3) is 0 Å². The van der Waals surface area contributed by atoms with Crippen LogP contribution in [0.15, 0.2) is 18.3 Å². The zero-order valence-electron chi connectivity index (χ0n) is 10.8. The highest BCUT2D eigenvalue weighted by atomic mass is 16.5. The average molecular weight is 263 g/mol. The molecule has 0 aromatic carbocycles. The molecule has 1 fully saturated rings. The van der Waals surface area contributed by atoms with Gasteiger partial charge in [0.1, 0.15) is 5.82 Å². The Hall–Kier alpha value is -2.11. The van der Waals surface area contributed by atoms with Crippen molar-refractivity contribution in [3.63, 3.8) is 0 Å². The minimum atomic E-state index is -0.465. The van der Waals surface area contributed by atoms with Crippen LogP contribution in [0.1, 0.15) is 23.2 Å². The van der Waals surface area contributed by atoms with Gasteiger partial charge in [-0.3, -0.25) is 9.59 Å². The number of hydrogen-bond acceptors (Lipinski definition) is 5. The summed E-state index contributed by atoms with van der Waals surface area (Å²) in [5, 5.41) is 0. The molecular formula is C13H17N3O3. The molecule has 0 radical (unpaired) electrons. The third kappa shape index (κ3) is 3.01. The number of carbonyl (C=O) groups is 2. The lowest BCUT2D eigenvalue weighted by Gasteiger charge is -2.31. The van der Waals surface area contributed by atoms with Crippen molar-refractivity contribution in [2.45, 2.75) is 12.8 Å². The first-order valence-electron chi connectivity index (χ1n) is 6.20. The molecule has 2 N–H and O–H groups in total. The average Bonchev–Trinajstić information content (AvgIpc) is 2.46. The number of nitrogens with zero attached hydrogens (tertiary/aromatic N) is 2. The lowest BCUT2D eigenvalue weighted by atomic mass is 9.97. The van der Waals surface area contributed by atoms with Crippen molar-refractivity contribution in [2.75, 3.05) is 25.1 Å². The fraction of sp³-hybridized carbons (Fsp3) is 0.462. The van der Waals surface area contributed by atoms with Gasteiger partial charge in [0.25, 0.3) is 0 Å². The Labute approximate surface area is 111 Å². The van der Waals surface area contributed by atoms with Gasteiger partial charge in [-0.1, -0.05) is 0 Å². The lowest BCUT2D eigenvalue weighted by molar-refractivity contribution is -0.146. The van der Waals surface area contributed by atoms with Gasteiger partial charge in [0, 0.05) is 24.8 Å². The summed E-state index contributed by atoms with van der Waals surface area (Å²) in [7, 11) is 1.41. The van der Waals surface area contributed by atoms with E-state index in [-0.39, 0.29) is 11.9 Å². The van der Waals surface area contributed by atoms with Crippen molar-refractivity contribution in [1.82, 2.24) is 4.98 Å². The van der Waals surface area contributed by atoms with Crippen LogP contribution in [-0.2, 0) is 9.53 Å². The Morgan fingerprint density at radius 3 is 2.68 bits per heavy atom. The van der Waals surface area contributed by atoms with E-state index in [1.807, 2.05) is 4.90 Å². The van der Waals surface area contributed by atoms with Gasteiger partial charge < -0.3 is 15.4 Å². The molecule has 1 saturated heterocycles. The molecule has 2 rings (SSSR count). The fourth-order valence-electron chi connectivity index (χ4n) is 2.26. The number of pyridine rings is 1. The van der Waals surface area contributed by atoms with Crippen LogP contribution in [0.2, 0.25) is 0 Å². The molecule has 1 aromatic rings. The number of carbonyl (C=O) groups excluding carboxylic acids is 2. The Morgan fingerprint density at radius 1 is 1.42 bits per heavy atom. The quantitative estimate of drug-likeness (QED) is 0.806. The second-order valence-electron chi connectivity index (χ2n) is 4.55. The van der Waals surface area contributed by atoms with Crippen LogP contribution in [0.3, 0.4) is 0 Å². The molecule has 6 nitrogen and oxygen atoms in total. The smallest absolute Gasteiger partial charge is 0.308 e. The van der Waals surface area contributed by atoms with Crippen molar-refractivity contribution >= 4 is 17.7 Å². The summed E-state index contributed by atoms with van der Waals surface area (Å²) < 4.78 is 4.75. The number of anilines is 1. The van der Waals surface area contributed by atoms with Crippen LogP contribution in [0.4, 0.5) is 5.82 Å². The summed E-state index contributed by atoms with van der Waals surface area (Å²) in [5.74, 6) is 0.0618. The van der Waals surface area contributed by atoms with Crippen molar-refractivity contribution in [2.24, 2.45) is 11.7 Å². The van der Waals surface area contributed by atoms with Gasteiger partial charge in [0.2, 0.25) is 5.91 Å². The van der Waals surface area contributed by atoms with Crippen molar-refractivity contribution < 1.29 is 14.3 Å². The van der Waals surface area contributed by atoms with E-state index < -0.39 is 5.91 Å². The standard InChI is InChI=1S/C13H17N3O3/c1-19-13(18)9-3-6-16(7-4-9)11-8-10(12(14)17)2-5-15-11/h2,5,8-9H,3-4,6-7H2,1H3,(H2,14,17). The van der Waals surface area contributed by atoms with Crippen LogP contribution < -0.4 is 10.6 Å². The number of primary amides is 1. The summed E-state index contributed by atoms with van der Waals surface area (Å²) >= 11 is 0. The van der Waals surface area contributed by atoms with E-state index in [1.54, 1.807) is 18.3 Å². The minimum absolute atomic E-state index is 0.0411. The molecule has 102 valence electrons. The first kappa shape index (κ1) is 13.3. The van der Waals surface area contributed by atoms with Gasteiger partial charge in [0.05, 0.1) is 13.0 Å². The van der Waals surface area contributed by atoms with Gasteiger partial charge in [-0.2, -0.15) is 0 Å². The Balaban J connectivity index is 2.03. The Morgan fingerprint density at radius 2 is 2.11 bits per heavy atom. The molecule has 0 atom stereocenters. The number of esters is 1. The molecule has 0 unspecified atom stereocenters.